The number of rotatable bonds is 3. The standard InChI is InChI=1S/C7H15N2S2/c1-9(6-11-7-10)4-2-8-3-5-9/h7-8H,2-6H2,1H3/q+1. The highest BCUT2D eigenvalue weighted by atomic mass is 32.2. The van der Waals surface area contributed by atoms with Crippen LogP contribution in [0.5, 0.6) is 0 Å². The molecular formula is C7H15N2S2+. The minimum Gasteiger partial charge on any atom is -0.315 e. The lowest BCUT2D eigenvalue weighted by molar-refractivity contribution is -0.898. The van der Waals surface area contributed by atoms with Crippen molar-refractivity contribution in [3.63, 3.8) is 0 Å². The summed E-state index contributed by atoms with van der Waals surface area (Å²) in [6, 6.07) is 0. The maximum Gasteiger partial charge on any atom is 0.130 e. The normalized spacial score (nSPS) is 23.0. The molecule has 1 fully saturated rings. The highest BCUT2D eigenvalue weighted by molar-refractivity contribution is 8.20. The van der Waals surface area contributed by atoms with Crippen LogP contribution in [0, 0.1) is 0 Å². The summed E-state index contributed by atoms with van der Waals surface area (Å²) in [5, 5.41) is 3.36. The van der Waals surface area contributed by atoms with Crippen LogP contribution < -0.4 is 5.32 Å². The summed E-state index contributed by atoms with van der Waals surface area (Å²) in [6.07, 6.45) is 0. The number of piperazine rings is 1. The van der Waals surface area contributed by atoms with Crippen LogP contribution in [0.2, 0.25) is 0 Å². The number of thiocarbonyl (C=S) groups is 1. The van der Waals surface area contributed by atoms with Crippen molar-refractivity contribution >= 4 is 28.7 Å². The van der Waals surface area contributed by atoms with Crippen LogP contribution in [0.25, 0.3) is 0 Å². The molecule has 1 saturated heterocycles. The van der Waals surface area contributed by atoms with Gasteiger partial charge in [-0.1, -0.05) is 24.0 Å². The Hall–Kier alpha value is 0.360. The topological polar surface area (TPSA) is 12.0 Å². The van der Waals surface area contributed by atoms with Crippen molar-refractivity contribution in [2.24, 2.45) is 0 Å². The van der Waals surface area contributed by atoms with Gasteiger partial charge in [-0.15, -0.1) is 0 Å². The van der Waals surface area contributed by atoms with Gasteiger partial charge < -0.3 is 9.80 Å². The molecule has 0 spiro atoms. The van der Waals surface area contributed by atoms with Gasteiger partial charge in [0.25, 0.3) is 0 Å². The van der Waals surface area contributed by atoms with Crippen molar-refractivity contribution in [3.05, 3.63) is 0 Å². The smallest absolute Gasteiger partial charge is 0.130 e. The minimum absolute atomic E-state index is 1.13. The Bertz CT molecular complexity index is 132. The summed E-state index contributed by atoms with van der Waals surface area (Å²) >= 11 is 6.53. The van der Waals surface area contributed by atoms with Crippen molar-refractivity contribution in [2.75, 3.05) is 39.1 Å². The van der Waals surface area contributed by atoms with Crippen molar-refractivity contribution in [1.82, 2.24) is 5.32 Å². The third-order valence-electron chi connectivity index (χ3n) is 2.11. The third kappa shape index (κ3) is 3.07. The fraction of sp³-hybridized carbons (Fsp3) is 0.857. The number of nitrogens with one attached hydrogen (secondary N) is 1. The molecule has 0 bridgehead atoms. The third-order valence-corrected chi connectivity index (χ3v) is 3.43. The lowest BCUT2D eigenvalue weighted by atomic mass is 10.3. The lowest BCUT2D eigenvalue weighted by Crippen LogP contribution is -2.55. The highest BCUT2D eigenvalue weighted by Gasteiger charge is 2.23. The molecule has 0 unspecified atom stereocenters. The Labute approximate surface area is 77.9 Å². The molecule has 0 aromatic carbocycles. The summed E-state index contributed by atoms with van der Waals surface area (Å²) in [5.41, 5.74) is 0. The zero-order valence-corrected chi connectivity index (χ0v) is 8.51. The summed E-state index contributed by atoms with van der Waals surface area (Å²) < 4.78 is 2.93. The molecule has 2 nitrogen and oxygen atoms in total. The van der Waals surface area contributed by atoms with Crippen LogP contribution in [0.1, 0.15) is 0 Å². The molecule has 0 amide bonds. The first-order valence-electron chi connectivity index (χ1n) is 3.86. The molecule has 1 N–H and O–H groups in total. The molecule has 0 aromatic rings. The maximum atomic E-state index is 4.78. The number of nitrogens with zero attached hydrogens (tertiary/aromatic N) is 1. The molecule has 4 heteroatoms. The number of hydrogen-bond acceptors (Lipinski definition) is 3. The molecular weight excluding hydrogens is 176 g/mol. The van der Waals surface area contributed by atoms with E-state index in [-0.39, 0.29) is 0 Å². The van der Waals surface area contributed by atoms with Gasteiger partial charge >= 0.3 is 0 Å². The molecule has 1 heterocycles. The monoisotopic (exact) mass is 191 g/mol. The summed E-state index contributed by atoms with van der Waals surface area (Å²) in [4.78, 5) is 0. The minimum atomic E-state index is 1.13. The van der Waals surface area contributed by atoms with E-state index in [0.29, 0.717) is 0 Å². The second-order valence-corrected chi connectivity index (χ2v) is 4.57. The molecule has 0 atom stereocenters. The lowest BCUT2D eigenvalue weighted by Gasteiger charge is -2.37. The summed E-state index contributed by atoms with van der Waals surface area (Å²) in [7, 11) is 2.30. The number of hydrogen-bond donors (Lipinski definition) is 1. The SMILES string of the molecule is C[N+]1(CSC=S)CCNCC1. The van der Waals surface area contributed by atoms with Gasteiger partial charge in [0.1, 0.15) is 5.88 Å². The average molecular weight is 191 g/mol. The van der Waals surface area contributed by atoms with Gasteiger partial charge in [0.15, 0.2) is 0 Å². The molecule has 64 valence electrons. The van der Waals surface area contributed by atoms with Crippen molar-refractivity contribution in [2.45, 2.75) is 0 Å². The Kier molecular flexibility index (Phi) is 3.78. The quantitative estimate of drug-likeness (QED) is 0.520. The number of thioether (sulfide) groups is 1. The van der Waals surface area contributed by atoms with E-state index in [9.17, 15) is 0 Å². The molecule has 11 heavy (non-hydrogen) atoms. The molecule has 1 aliphatic heterocycles. The fourth-order valence-electron chi connectivity index (χ4n) is 1.27. The van der Waals surface area contributed by atoms with Gasteiger partial charge in [-0.25, -0.2) is 0 Å². The van der Waals surface area contributed by atoms with Gasteiger partial charge in [0, 0.05) is 17.8 Å². The van der Waals surface area contributed by atoms with E-state index in [1.807, 2.05) is 0 Å². The summed E-state index contributed by atoms with van der Waals surface area (Å²) in [5.74, 6) is 1.13. The predicted octanol–water partition coefficient (Wildman–Crippen LogP) is 0.684. The van der Waals surface area contributed by atoms with Crippen molar-refractivity contribution in [1.29, 1.82) is 0 Å². The van der Waals surface area contributed by atoms with Gasteiger partial charge in [-0.3, -0.25) is 0 Å². The van der Waals surface area contributed by atoms with Crippen LogP contribution in [-0.4, -0.2) is 48.3 Å². The molecule has 0 aromatic heterocycles. The van der Waals surface area contributed by atoms with Crippen LogP contribution in [0.4, 0.5) is 0 Å². The number of likely N-dealkylation sites (N-methyl/N-ethyl adjacent to an activating group) is 1. The predicted molar refractivity (Wildman–Crippen MR) is 54.9 cm³/mol. The zero-order valence-electron chi connectivity index (χ0n) is 6.88. The van der Waals surface area contributed by atoms with E-state index in [1.54, 1.807) is 16.5 Å². The fourth-order valence-corrected chi connectivity index (χ4v) is 2.14. The van der Waals surface area contributed by atoms with Crippen LogP contribution >= 0.6 is 24.0 Å². The van der Waals surface area contributed by atoms with Crippen LogP contribution in [0.15, 0.2) is 0 Å². The first-order chi connectivity index (χ1) is 5.27. The van der Waals surface area contributed by atoms with Gasteiger partial charge in [-0.2, -0.15) is 0 Å². The van der Waals surface area contributed by atoms with Gasteiger partial charge in [0.2, 0.25) is 0 Å². The molecule has 1 aliphatic rings. The second-order valence-electron chi connectivity index (χ2n) is 3.21. The van der Waals surface area contributed by atoms with Crippen LogP contribution in [0.3, 0.4) is 0 Å². The van der Waals surface area contributed by atoms with E-state index in [4.69, 9.17) is 12.2 Å². The molecule has 1 rings (SSSR count). The number of quaternary nitrogens is 1. The Morgan fingerprint density at radius 3 is 2.73 bits per heavy atom. The highest BCUT2D eigenvalue weighted by Crippen LogP contribution is 2.10. The average Bonchev–Trinajstić information content (AvgIpc) is 2.03. The maximum absolute atomic E-state index is 4.78. The molecule has 0 aliphatic carbocycles. The second kappa shape index (κ2) is 4.40. The Balaban J connectivity index is 2.30. The van der Waals surface area contributed by atoms with Gasteiger partial charge in [-0.05, 0) is 0 Å². The summed E-state index contributed by atoms with van der Waals surface area (Å²) in [6.45, 7) is 4.76. The van der Waals surface area contributed by atoms with Crippen molar-refractivity contribution in [3.8, 4) is 0 Å². The van der Waals surface area contributed by atoms with Crippen LogP contribution in [-0.2, 0) is 0 Å². The van der Waals surface area contributed by atoms with Crippen molar-refractivity contribution < 1.29 is 4.48 Å². The van der Waals surface area contributed by atoms with E-state index in [2.05, 4.69) is 12.4 Å². The van der Waals surface area contributed by atoms with E-state index in [1.165, 1.54) is 13.1 Å². The first-order valence-corrected chi connectivity index (χ1v) is 5.38. The largest absolute Gasteiger partial charge is 0.315 e. The van der Waals surface area contributed by atoms with E-state index < -0.39 is 0 Å². The van der Waals surface area contributed by atoms with E-state index >= 15 is 0 Å². The van der Waals surface area contributed by atoms with E-state index in [0.717, 1.165) is 23.4 Å². The Morgan fingerprint density at radius 1 is 1.55 bits per heavy atom. The first kappa shape index (κ1) is 9.45. The molecule has 0 radical (unpaired) electrons. The van der Waals surface area contributed by atoms with Gasteiger partial charge in [0.05, 0.1) is 20.1 Å². The molecule has 0 saturated carbocycles. The zero-order chi connectivity index (χ0) is 8.16. The Morgan fingerprint density at radius 2 is 2.18 bits per heavy atom.